The minimum Gasteiger partial charge on any atom is -0.300 e. The summed E-state index contributed by atoms with van der Waals surface area (Å²) < 4.78 is 0. The first-order valence-corrected chi connectivity index (χ1v) is 8.90. The number of ketones is 1. The Morgan fingerprint density at radius 3 is 2.20 bits per heavy atom. The highest BCUT2D eigenvalue weighted by molar-refractivity contribution is 5.79. The van der Waals surface area contributed by atoms with Crippen LogP contribution in [-0.4, -0.2) is 5.78 Å². The van der Waals surface area contributed by atoms with Crippen LogP contribution in [-0.2, 0) is 4.79 Å². The highest BCUT2D eigenvalue weighted by Gasteiger charge is 2.60. The van der Waals surface area contributed by atoms with Crippen LogP contribution in [0, 0.1) is 28.1 Å². The molecule has 0 aromatic rings. The third kappa shape index (κ3) is 2.35. The maximum Gasteiger partial charge on any atom is 0.133 e. The Hall–Kier alpha value is -0.330. The van der Waals surface area contributed by atoms with Crippen molar-refractivity contribution >= 4 is 5.78 Å². The van der Waals surface area contributed by atoms with Gasteiger partial charge in [-0.1, -0.05) is 26.7 Å². The average Bonchev–Trinajstić information content (AvgIpc) is 3.03. The fourth-order valence-electron chi connectivity index (χ4n) is 7.16. The summed E-state index contributed by atoms with van der Waals surface area (Å²) in [6.07, 6.45) is 14.1. The van der Waals surface area contributed by atoms with E-state index in [0.717, 1.165) is 24.7 Å². The lowest BCUT2D eigenvalue weighted by Gasteiger charge is -2.65. The molecule has 1 heteroatoms. The third-order valence-corrected chi connectivity index (χ3v) is 6.84. The zero-order valence-electron chi connectivity index (χ0n) is 13.3. The van der Waals surface area contributed by atoms with E-state index in [0.29, 0.717) is 22.0 Å². The van der Waals surface area contributed by atoms with E-state index in [9.17, 15) is 4.79 Å². The van der Waals surface area contributed by atoms with Crippen molar-refractivity contribution < 1.29 is 4.79 Å². The average molecular weight is 274 g/mol. The van der Waals surface area contributed by atoms with E-state index in [1.165, 1.54) is 57.8 Å². The molecule has 5 fully saturated rings. The van der Waals surface area contributed by atoms with Gasteiger partial charge in [-0.25, -0.2) is 0 Å². The molecule has 1 nitrogen and oxygen atoms in total. The maximum absolute atomic E-state index is 12.5. The highest BCUT2D eigenvalue weighted by Crippen LogP contribution is 2.70. The Balaban J connectivity index is 1.47. The van der Waals surface area contributed by atoms with Gasteiger partial charge in [0.05, 0.1) is 0 Å². The van der Waals surface area contributed by atoms with Crippen molar-refractivity contribution in [2.45, 2.75) is 84.5 Å². The number of hydrogen-bond donors (Lipinski definition) is 0. The zero-order valence-corrected chi connectivity index (χ0v) is 13.3. The molecule has 0 aromatic heterocycles. The molecule has 2 unspecified atom stereocenters. The number of Topliss-reactive ketones (excluding diaryl/α,β-unsaturated/α-hetero) is 1. The van der Waals surface area contributed by atoms with Crippen LogP contribution < -0.4 is 0 Å². The van der Waals surface area contributed by atoms with Gasteiger partial charge in [0.2, 0.25) is 0 Å². The van der Waals surface area contributed by atoms with Crippen molar-refractivity contribution in [3.8, 4) is 0 Å². The quantitative estimate of drug-likeness (QED) is 0.679. The molecule has 5 saturated carbocycles. The van der Waals surface area contributed by atoms with Crippen LogP contribution in [0.2, 0.25) is 0 Å². The van der Waals surface area contributed by atoms with E-state index >= 15 is 0 Å². The molecule has 0 amide bonds. The van der Waals surface area contributed by atoms with Gasteiger partial charge in [0.25, 0.3) is 0 Å². The van der Waals surface area contributed by atoms with Gasteiger partial charge in [0, 0.05) is 12.8 Å². The van der Waals surface area contributed by atoms with E-state index in [-0.39, 0.29) is 0 Å². The molecule has 4 bridgehead atoms. The molecule has 0 aliphatic heterocycles. The van der Waals surface area contributed by atoms with Crippen LogP contribution in [0.5, 0.6) is 0 Å². The molecule has 5 rings (SSSR count). The summed E-state index contributed by atoms with van der Waals surface area (Å²) in [5, 5.41) is 0. The van der Waals surface area contributed by atoms with E-state index in [4.69, 9.17) is 0 Å². The number of carbonyl (C=O) groups excluding carboxylic acids is 1. The lowest BCUT2D eigenvalue weighted by molar-refractivity contribution is -0.155. The summed E-state index contributed by atoms with van der Waals surface area (Å²) in [6.45, 7) is 5.03. The SMILES string of the molecule is CC12CC3CC(C)(C1)CC(CC(=O)CCC1CC1)(C3)C2. The van der Waals surface area contributed by atoms with Crippen LogP contribution >= 0.6 is 0 Å². The van der Waals surface area contributed by atoms with Crippen LogP contribution in [0.3, 0.4) is 0 Å². The van der Waals surface area contributed by atoms with Gasteiger partial charge < -0.3 is 0 Å². The van der Waals surface area contributed by atoms with Gasteiger partial charge in [-0.15, -0.1) is 0 Å². The Morgan fingerprint density at radius 1 is 1.00 bits per heavy atom. The highest BCUT2D eigenvalue weighted by atomic mass is 16.1. The molecule has 0 spiro atoms. The molecule has 0 N–H and O–H groups in total. The summed E-state index contributed by atoms with van der Waals surface area (Å²) in [7, 11) is 0. The summed E-state index contributed by atoms with van der Waals surface area (Å²) in [5.41, 5.74) is 1.53. The van der Waals surface area contributed by atoms with Gasteiger partial charge in [0.15, 0.2) is 0 Å². The van der Waals surface area contributed by atoms with Gasteiger partial charge in [-0.2, -0.15) is 0 Å². The second-order valence-electron chi connectivity index (χ2n) is 9.83. The monoisotopic (exact) mass is 274 g/mol. The zero-order chi connectivity index (χ0) is 14.0. The fraction of sp³-hybridized carbons (Fsp3) is 0.947. The molecule has 5 aliphatic carbocycles. The fourth-order valence-corrected chi connectivity index (χ4v) is 7.16. The van der Waals surface area contributed by atoms with Crippen molar-refractivity contribution in [2.24, 2.45) is 28.1 Å². The van der Waals surface area contributed by atoms with Crippen molar-refractivity contribution in [2.75, 3.05) is 0 Å². The third-order valence-electron chi connectivity index (χ3n) is 6.84. The topological polar surface area (TPSA) is 17.1 Å². The molecule has 5 aliphatic rings. The Bertz CT molecular complexity index is 415. The summed E-state index contributed by atoms with van der Waals surface area (Å²) >= 11 is 0. The van der Waals surface area contributed by atoms with Crippen LogP contribution in [0.4, 0.5) is 0 Å². The number of carbonyl (C=O) groups is 1. The van der Waals surface area contributed by atoms with E-state index < -0.39 is 0 Å². The largest absolute Gasteiger partial charge is 0.300 e. The lowest BCUT2D eigenvalue weighted by Crippen LogP contribution is -2.55. The molecule has 112 valence electrons. The minimum absolute atomic E-state index is 0.406. The lowest BCUT2D eigenvalue weighted by atomic mass is 9.39. The smallest absolute Gasteiger partial charge is 0.133 e. The maximum atomic E-state index is 12.5. The predicted octanol–water partition coefficient (Wildman–Crippen LogP) is 5.13. The van der Waals surface area contributed by atoms with Gasteiger partial charge in [-0.05, 0) is 73.0 Å². The van der Waals surface area contributed by atoms with Crippen molar-refractivity contribution in [1.82, 2.24) is 0 Å². The summed E-state index contributed by atoms with van der Waals surface area (Å²) in [5.74, 6) is 2.42. The Labute approximate surface area is 123 Å². The van der Waals surface area contributed by atoms with Crippen LogP contribution in [0.1, 0.15) is 84.5 Å². The normalized spacial score (nSPS) is 49.6. The molecule has 2 atom stereocenters. The van der Waals surface area contributed by atoms with Crippen molar-refractivity contribution in [1.29, 1.82) is 0 Å². The first-order chi connectivity index (χ1) is 9.38. The van der Waals surface area contributed by atoms with Crippen molar-refractivity contribution in [3.63, 3.8) is 0 Å². The van der Waals surface area contributed by atoms with Gasteiger partial charge in [-0.3, -0.25) is 4.79 Å². The first-order valence-electron chi connectivity index (χ1n) is 8.90. The number of hydrogen-bond acceptors (Lipinski definition) is 1. The van der Waals surface area contributed by atoms with E-state index in [2.05, 4.69) is 13.8 Å². The van der Waals surface area contributed by atoms with Crippen molar-refractivity contribution in [3.05, 3.63) is 0 Å². The molecule has 0 radical (unpaired) electrons. The molecule has 0 heterocycles. The Kier molecular flexibility index (Phi) is 2.74. The first kappa shape index (κ1) is 13.3. The molecular formula is C19H30O. The molecule has 0 aromatic carbocycles. The number of rotatable bonds is 5. The predicted molar refractivity (Wildman–Crippen MR) is 81.4 cm³/mol. The van der Waals surface area contributed by atoms with E-state index in [1.807, 2.05) is 0 Å². The van der Waals surface area contributed by atoms with Crippen LogP contribution in [0.25, 0.3) is 0 Å². The van der Waals surface area contributed by atoms with Crippen LogP contribution in [0.15, 0.2) is 0 Å². The molecular weight excluding hydrogens is 244 g/mol. The second-order valence-corrected chi connectivity index (χ2v) is 9.83. The van der Waals surface area contributed by atoms with Gasteiger partial charge in [0.1, 0.15) is 5.78 Å². The standard InChI is InChI=1S/C19H30O/c1-17-7-15-8-18(2,11-17)13-19(9-15,12-17)10-16(20)6-5-14-3-4-14/h14-15H,3-13H2,1-2H3. The van der Waals surface area contributed by atoms with Gasteiger partial charge >= 0.3 is 0 Å². The van der Waals surface area contributed by atoms with E-state index in [1.54, 1.807) is 0 Å². The summed E-state index contributed by atoms with van der Waals surface area (Å²) in [4.78, 5) is 12.5. The summed E-state index contributed by atoms with van der Waals surface area (Å²) in [6, 6.07) is 0. The second kappa shape index (κ2) is 4.11. The molecule has 20 heavy (non-hydrogen) atoms. The molecule has 0 saturated heterocycles. The minimum atomic E-state index is 0.406. The Morgan fingerprint density at radius 2 is 1.65 bits per heavy atom.